The molecule has 2 saturated heterocycles. The van der Waals surface area contributed by atoms with E-state index in [1.165, 1.54) is 19.4 Å². The van der Waals surface area contributed by atoms with Gasteiger partial charge in [0.05, 0.1) is 23.4 Å². The van der Waals surface area contributed by atoms with Crippen LogP contribution >= 0.6 is 0 Å². The minimum Gasteiger partial charge on any atom is -0.362 e. The topological polar surface area (TPSA) is 81.0 Å². The number of hydrogen-bond acceptors (Lipinski definition) is 7. The first-order valence-electron chi connectivity index (χ1n) is 11.8. The molecule has 0 aliphatic carbocycles. The lowest BCUT2D eigenvalue weighted by Crippen LogP contribution is -2.42. The highest BCUT2D eigenvalue weighted by molar-refractivity contribution is 5.94. The molecule has 0 bridgehead atoms. The van der Waals surface area contributed by atoms with Crippen molar-refractivity contribution in [1.29, 1.82) is 5.26 Å². The normalized spacial score (nSPS) is 21.6. The molecule has 3 aromatic rings. The van der Waals surface area contributed by atoms with Gasteiger partial charge in [0.2, 0.25) is 0 Å². The summed E-state index contributed by atoms with van der Waals surface area (Å²) in [5.74, 6) is 2.48. The maximum atomic E-state index is 9.41. The second-order valence-electron chi connectivity index (χ2n) is 9.57. The van der Waals surface area contributed by atoms with Gasteiger partial charge >= 0.3 is 0 Å². The number of rotatable bonds is 4. The van der Waals surface area contributed by atoms with E-state index in [1.54, 1.807) is 0 Å². The Morgan fingerprint density at radius 2 is 2.03 bits per heavy atom. The third-order valence-electron chi connectivity index (χ3n) is 7.53. The quantitative estimate of drug-likeness (QED) is 0.649. The van der Waals surface area contributed by atoms with Crippen LogP contribution in [0.4, 0.5) is 11.6 Å². The highest BCUT2D eigenvalue weighted by Gasteiger charge is 2.38. The van der Waals surface area contributed by atoms with Gasteiger partial charge in [-0.3, -0.25) is 0 Å². The van der Waals surface area contributed by atoms with Crippen molar-refractivity contribution in [1.82, 2.24) is 20.1 Å². The molecule has 0 radical (unpaired) electrons. The van der Waals surface area contributed by atoms with E-state index >= 15 is 0 Å². The molecule has 1 N–H and O–H groups in total. The van der Waals surface area contributed by atoms with E-state index in [0.29, 0.717) is 17.5 Å². The van der Waals surface area contributed by atoms with Gasteiger partial charge in [0.25, 0.3) is 0 Å². The number of aromatic nitrogens is 3. The van der Waals surface area contributed by atoms with Crippen molar-refractivity contribution in [2.45, 2.75) is 45.7 Å². The zero-order valence-corrected chi connectivity index (χ0v) is 19.8. The van der Waals surface area contributed by atoms with Crippen molar-refractivity contribution >= 4 is 22.4 Å². The van der Waals surface area contributed by atoms with Gasteiger partial charge in [-0.25, -0.2) is 4.98 Å². The summed E-state index contributed by atoms with van der Waals surface area (Å²) in [7, 11) is 2.25. The molecule has 2 aliphatic heterocycles. The summed E-state index contributed by atoms with van der Waals surface area (Å²) in [6.45, 7) is 9.34. The molecule has 0 spiro atoms. The first-order chi connectivity index (χ1) is 16.0. The smallest absolute Gasteiger partial charge is 0.157 e. The Bertz CT molecular complexity index is 1230. The van der Waals surface area contributed by atoms with Gasteiger partial charge in [-0.1, -0.05) is 12.1 Å². The van der Waals surface area contributed by atoms with Crippen LogP contribution in [0.3, 0.4) is 0 Å². The number of likely N-dealkylation sites (N-methyl/N-ethyl adjacent to an activating group) is 1. The zero-order valence-electron chi connectivity index (χ0n) is 19.8. The van der Waals surface area contributed by atoms with Gasteiger partial charge in [0.15, 0.2) is 5.82 Å². The van der Waals surface area contributed by atoms with Crippen molar-refractivity contribution < 1.29 is 0 Å². The molecule has 4 heterocycles. The van der Waals surface area contributed by atoms with E-state index in [9.17, 15) is 5.26 Å². The van der Waals surface area contributed by atoms with Gasteiger partial charge in [0.1, 0.15) is 5.82 Å². The number of anilines is 2. The van der Waals surface area contributed by atoms with E-state index < -0.39 is 0 Å². The molecular weight excluding hydrogens is 410 g/mol. The lowest BCUT2D eigenvalue weighted by molar-refractivity contribution is 0.158. The van der Waals surface area contributed by atoms with Crippen molar-refractivity contribution in [2.75, 3.05) is 36.9 Å². The van der Waals surface area contributed by atoms with Gasteiger partial charge < -0.3 is 15.1 Å². The van der Waals surface area contributed by atoms with Crippen LogP contribution in [-0.2, 0) is 0 Å². The minimum absolute atomic E-state index is 0.0153. The fraction of sp³-hybridized carbons (Fsp3) is 0.462. The standard InChI is InChI=1S/C26H31N7/c1-16-19(12-27)7-5-9-21(16)17(2)29-26-22-11-25(28-13-23(22)18(3)30-31-26)33-14-20-8-6-10-32(4)24(20)15-33/h5,7,9,11,13,17,20,24H,6,8,10,14-15H2,1-4H3,(H,29,31)/t17-,20-,24+/m1/s1. The Balaban J connectivity index is 1.47. The van der Waals surface area contributed by atoms with Crippen LogP contribution in [0.25, 0.3) is 10.8 Å². The summed E-state index contributed by atoms with van der Waals surface area (Å²) >= 11 is 0. The van der Waals surface area contributed by atoms with Crippen LogP contribution in [0.2, 0.25) is 0 Å². The minimum atomic E-state index is -0.0153. The first kappa shape index (κ1) is 21.6. The average Bonchev–Trinajstić information content (AvgIpc) is 3.27. The summed E-state index contributed by atoms with van der Waals surface area (Å²) < 4.78 is 0. The number of hydrogen-bond donors (Lipinski definition) is 1. The third kappa shape index (κ3) is 3.89. The number of aryl methyl sites for hydroxylation is 1. The fourth-order valence-electron chi connectivity index (χ4n) is 5.56. The molecule has 33 heavy (non-hydrogen) atoms. The number of nitrogens with one attached hydrogen (secondary N) is 1. The number of piperidine rings is 1. The van der Waals surface area contributed by atoms with Gasteiger partial charge in [-0.2, -0.15) is 10.4 Å². The van der Waals surface area contributed by atoms with Crippen LogP contribution in [-0.4, -0.2) is 52.8 Å². The lowest BCUT2D eigenvalue weighted by atomic mass is 9.93. The monoisotopic (exact) mass is 441 g/mol. The Morgan fingerprint density at radius 3 is 2.82 bits per heavy atom. The number of likely N-dealkylation sites (tertiary alicyclic amines) is 1. The number of nitriles is 1. The molecule has 0 saturated carbocycles. The highest BCUT2D eigenvalue weighted by atomic mass is 15.3. The van der Waals surface area contributed by atoms with Gasteiger partial charge in [-0.05, 0) is 76.4 Å². The van der Waals surface area contributed by atoms with Crippen LogP contribution < -0.4 is 10.2 Å². The van der Waals surface area contributed by atoms with E-state index in [1.807, 2.05) is 32.2 Å². The summed E-state index contributed by atoms with van der Waals surface area (Å²) in [5, 5.41) is 23.9. The number of benzene rings is 1. The Hall–Kier alpha value is -3.24. The zero-order chi connectivity index (χ0) is 23.1. The SMILES string of the molecule is Cc1c(C#N)cccc1[C@@H](C)Nc1nnc(C)c2cnc(N3C[C@H]4CCCN(C)[C@H]4C3)cc12. The molecule has 2 aliphatic rings. The largest absolute Gasteiger partial charge is 0.362 e. The van der Waals surface area contributed by atoms with E-state index in [0.717, 1.165) is 52.3 Å². The van der Waals surface area contributed by atoms with E-state index in [2.05, 4.69) is 57.5 Å². The highest BCUT2D eigenvalue weighted by Crippen LogP contribution is 2.34. The molecule has 2 aromatic heterocycles. The second-order valence-corrected chi connectivity index (χ2v) is 9.57. The molecule has 2 fully saturated rings. The predicted octanol–water partition coefficient (Wildman–Crippen LogP) is 4.22. The molecule has 1 aromatic carbocycles. The van der Waals surface area contributed by atoms with Gasteiger partial charge in [-0.15, -0.1) is 5.10 Å². The number of nitrogens with zero attached hydrogens (tertiary/aromatic N) is 6. The first-order valence-corrected chi connectivity index (χ1v) is 11.8. The number of fused-ring (bicyclic) bond motifs is 2. The second kappa shape index (κ2) is 8.60. The molecule has 7 nitrogen and oxygen atoms in total. The van der Waals surface area contributed by atoms with Crippen molar-refractivity contribution in [2.24, 2.45) is 5.92 Å². The third-order valence-corrected chi connectivity index (χ3v) is 7.53. The van der Waals surface area contributed by atoms with Crippen molar-refractivity contribution in [3.05, 3.63) is 52.8 Å². The van der Waals surface area contributed by atoms with E-state index in [-0.39, 0.29) is 6.04 Å². The molecule has 5 rings (SSSR count). The van der Waals surface area contributed by atoms with Crippen LogP contribution in [0.15, 0.2) is 30.5 Å². The van der Waals surface area contributed by atoms with Crippen molar-refractivity contribution in [3.8, 4) is 6.07 Å². The molecule has 170 valence electrons. The Kier molecular flexibility index (Phi) is 5.63. The Morgan fingerprint density at radius 1 is 1.18 bits per heavy atom. The molecule has 7 heteroatoms. The number of pyridine rings is 1. The predicted molar refractivity (Wildman–Crippen MR) is 131 cm³/mol. The van der Waals surface area contributed by atoms with E-state index in [4.69, 9.17) is 4.98 Å². The lowest BCUT2D eigenvalue weighted by Gasteiger charge is -2.33. The molecule has 0 amide bonds. The molecule has 3 atom stereocenters. The fourth-order valence-corrected chi connectivity index (χ4v) is 5.56. The summed E-state index contributed by atoms with van der Waals surface area (Å²) in [4.78, 5) is 9.77. The maximum absolute atomic E-state index is 9.41. The molecular formula is C26H31N7. The summed E-state index contributed by atoms with van der Waals surface area (Å²) in [6.07, 6.45) is 4.52. The van der Waals surface area contributed by atoms with Crippen LogP contribution in [0, 0.1) is 31.1 Å². The molecule has 0 unspecified atom stereocenters. The van der Waals surface area contributed by atoms with Crippen LogP contribution in [0.5, 0.6) is 0 Å². The summed E-state index contributed by atoms with van der Waals surface area (Å²) in [5.41, 5.74) is 3.66. The van der Waals surface area contributed by atoms with Crippen molar-refractivity contribution in [3.63, 3.8) is 0 Å². The van der Waals surface area contributed by atoms with Gasteiger partial charge in [0, 0.05) is 36.1 Å². The summed E-state index contributed by atoms with van der Waals surface area (Å²) in [6, 6.07) is 10.9. The Labute approximate surface area is 195 Å². The maximum Gasteiger partial charge on any atom is 0.157 e. The average molecular weight is 442 g/mol. The van der Waals surface area contributed by atoms with Crippen LogP contribution in [0.1, 0.15) is 48.2 Å².